The first-order valence-corrected chi connectivity index (χ1v) is 7.49. The van der Waals surface area contributed by atoms with E-state index in [9.17, 15) is 5.11 Å². The lowest BCUT2D eigenvalue weighted by atomic mass is 10.00. The van der Waals surface area contributed by atoms with Crippen molar-refractivity contribution in [3.63, 3.8) is 0 Å². The summed E-state index contributed by atoms with van der Waals surface area (Å²) in [7, 11) is 1.70. The van der Waals surface area contributed by atoms with Crippen LogP contribution in [0.2, 0.25) is 0 Å². The van der Waals surface area contributed by atoms with Crippen LogP contribution in [0.5, 0.6) is 5.75 Å². The van der Waals surface area contributed by atoms with E-state index < -0.39 is 0 Å². The standard InChI is InChI=1S/C17H23NO2/c1-20-16-8-5-14(6-9-16)17(13-3-4-13)18-15-7-2-12(10-15)11-19/h2,5-9,12-13,15,17-19H,3-4,10-11H2,1H3/t12-,15+,17+/m0/s1. The summed E-state index contributed by atoms with van der Waals surface area (Å²) >= 11 is 0. The highest BCUT2D eigenvalue weighted by atomic mass is 16.5. The topological polar surface area (TPSA) is 41.5 Å². The first-order chi connectivity index (χ1) is 9.80. The van der Waals surface area contributed by atoms with Gasteiger partial charge in [-0.25, -0.2) is 0 Å². The number of aliphatic hydroxyl groups is 1. The molecule has 20 heavy (non-hydrogen) atoms. The minimum atomic E-state index is 0.255. The zero-order valence-electron chi connectivity index (χ0n) is 12.0. The van der Waals surface area contributed by atoms with Crippen molar-refractivity contribution in [2.45, 2.75) is 31.3 Å². The highest BCUT2D eigenvalue weighted by Gasteiger charge is 2.34. The molecule has 1 fully saturated rings. The van der Waals surface area contributed by atoms with Crippen molar-refractivity contribution in [1.29, 1.82) is 0 Å². The number of ether oxygens (including phenoxy) is 1. The van der Waals surface area contributed by atoms with Gasteiger partial charge in [0.1, 0.15) is 5.75 Å². The third-order valence-electron chi connectivity index (χ3n) is 4.37. The Labute approximate surface area is 120 Å². The zero-order chi connectivity index (χ0) is 13.9. The highest BCUT2D eigenvalue weighted by molar-refractivity contribution is 5.30. The van der Waals surface area contributed by atoms with Crippen LogP contribution in [0.25, 0.3) is 0 Å². The van der Waals surface area contributed by atoms with E-state index in [2.05, 4.69) is 29.6 Å². The molecule has 0 unspecified atom stereocenters. The van der Waals surface area contributed by atoms with Gasteiger partial charge in [-0.2, -0.15) is 0 Å². The lowest BCUT2D eigenvalue weighted by molar-refractivity contribution is 0.244. The Hall–Kier alpha value is -1.32. The van der Waals surface area contributed by atoms with Crippen LogP contribution in [0.4, 0.5) is 0 Å². The van der Waals surface area contributed by atoms with Crippen LogP contribution in [-0.2, 0) is 0 Å². The molecule has 0 amide bonds. The molecule has 0 radical (unpaired) electrons. The lowest BCUT2D eigenvalue weighted by Gasteiger charge is -2.23. The molecule has 3 atom stereocenters. The quantitative estimate of drug-likeness (QED) is 0.783. The number of aliphatic hydroxyl groups excluding tert-OH is 1. The van der Waals surface area contributed by atoms with E-state index in [-0.39, 0.29) is 6.61 Å². The van der Waals surface area contributed by atoms with Gasteiger partial charge in [0.05, 0.1) is 7.11 Å². The molecular formula is C17H23NO2. The van der Waals surface area contributed by atoms with Crippen LogP contribution < -0.4 is 10.1 Å². The van der Waals surface area contributed by atoms with Crippen LogP contribution in [0.3, 0.4) is 0 Å². The SMILES string of the molecule is COc1ccc([C@H](N[C@@H]2C=C[C@H](CO)C2)C2CC2)cc1. The van der Waals surface area contributed by atoms with E-state index in [4.69, 9.17) is 4.74 Å². The Kier molecular flexibility index (Phi) is 4.08. The molecule has 0 aromatic heterocycles. The summed E-state index contributed by atoms with van der Waals surface area (Å²) in [4.78, 5) is 0. The summed E-state index contributed by atoms with van der Waals surface area (Å²) < 4.78 is 5.23. The van der Waals surface area contributed by atoms with Crippen molar-refractivity contribution < 1.29 is 9.84 Å². The Morgan fingerprint density at radius 3 is 2.55 bits per heavy atom. The molecule has 3 heteroatoms. The van der Waals surface area contributed by atoms with Gasteiger partial charge in [-0.3, -0.25) is 0 Å². The average Bonchev–Trinajstić information content (AvgIpc) is 3.24. The summed E-state index contributed by atoms with van der Waals surface area (Å²) in [5, 5.41) is 13.0. The molecule has 0 bridgehead atoms. The van der Waals surface area contributed by atoms with Gasteiger partial charge in [0, 0.05) is 24.6 Å². The molecular weight excluding hydrogens is 250 g/mol. The lowest BCUT2D eigenvalue weighted by Crippen LogP contribution is -2.32. The minimum absolute atomic E-state index is 0.255. The summed E-state index contributed by atoms with van der Waals surface area (Å²) in [6.45, 7) is 0.255. The fourth-order valence-electron chi connectivity index (χ4n) is 3.01. The van der Waals surface area contributed by atoms with E-state index in [0.717, 1.165) is 18.1 Å². The van der Waals surface area contributed by atoms with Crippen LogP contribution in [-0.4, -0.2) is 24.9 Å². The maximum Gasteiger partial charge on any atom is 0.118 e. The van der Waals surface area contributed by atoms with Gasteiger partial charge in [0.15, 0.2) is 0 Å². The monoisotopic (exact) mass is 273 g/mol. The zero-order valence-corrected chi connectivity index (χ0v) is 12.0. The molecule has 0 spiro atoms. The third kappa shape index (κ3) is 3.05. The van der Waals surface area contributed by atoms with Crippen LogP contribution in [0.1, 0.15) is 30.9 Å². The summed E-state index contributed by atoms with van der Waals surface area (Å²) in [6.07, 6.45) is 7.97. The Balaban J connectivity index is 1.68. The summed E-state index contributed by atoms with van der Waals surface area (Å²) in [6, 6.07) is 9.21. The molecule has 0 heterocycles. The Bertz CT molecular complexity index is 464. The van der Waals surface area contributed by atoms with Gasteiger partial charge in [0.25, 0.3) is 0 Å². The molecule has 108 valence electrons. The molecule has 0 saturated heterocycles. The Morgan fingerprint density at radius 2 is 2.00 bits per heavy atom. The predicted molar refractivity (Wildman–Crippen MR) is 79.7 cm³/mol. The van der Waals surface area contributed by atoms with Crippen molar-refractivity contribution in [2.75, 3.05) is 13.7 Å². The number of benzene rings is 1. The molecule has 3 rings (SSSR count). The van der Waals surface area contributed by atoms with Crippen LogP contribution in [0, 0.1) is 11.8 Å². The summed E-state index contributed by atoms with van der Waals surface area (Å²) in [5.74, 6) is 1.98. The first kappa shape index (κ1) is 13.7. The van der Waals surface area contributed by atoms with Crippen molar-refractivity contribution in [1.82, 2.24) is 5.32 Å². The second-order valence-electron chi connectivity index (χ2n) is 5.92. The van der Waals surface area contributed by atoms with Crippen LogP contribution in [0.15, 0.2) is 36.4 Å². The second kappa shape index (κ2) is 5.98. The first-order valence-electron chi connectivity index (χ1n) is 7.49. The van der Waals surface area contributed by atoms with Gasteiger partial charge in [0.2, 0.25) is 0 Å². The number of hydrogen-bond acceptors (Lipinski definition) is 3. The smallest absolute Gasteiger partial charge is 0.118 e. The van der Waals surface area contributed by atoms with E-state index in [0.29, 0.717) is 18.0 Å². The number of methoxy groups -OCH3 is 1. The molecule has 1 saturated carbocycles. The maximum absolute atomic E-state index is 9.22. The highest BCUT2D eigenvalue weighted by Crippen LogP contribution is 2.42. The largest absolute Gasteiger partial charge is 0.497 e. The average molecular weight is 273 g/mol. The van der Waals surface area contributed by atoms with E-state index >= 15 is 0 Å². The van der Waals surface area contributed by atoms with E-state index in [1.807, 2.05) is 12.1 Å². The fourth-order valence-corrected chi connectivity index (χ4v) is 3.01. The predicted octanol–water partition coefficient (Wildman–Crippen LogP) is 2.67. The van der Waals surface area contributed by atoms with Gasteiger partial charge in [-0.05, 0) is 42.9 Å². The van der Waals surface area contributed by atoms with Gasteiger partial charge < -0.3 is 15.2 Å². The van der Waals surface area contributed by atoms with Gasteiger partial charge in [-0.15, -0.1) is 0 Å². The molecule has 3 nitrogen and oxygen atoms in total. The normalized spacial score (nSPS) is 26.7. The van der Waals surface area contributed by atoms with E-state index in [1.165, 1.54) is 18.4 Å². The van der Waals surface area contributed by atoms with Crippen molar-refractivity contribution >= 4 is 0 Å². The molecule has 2 aliphatic rings. The third-order valence-corrected chi connectivity index (χ3v) is 4.37. The minimum Gasteiger partial charge on any atom is -0.497 e. The number of hydrogen-bond donors (Lipinski definition) is 2. The molecule has 2 aliphatic carbocycles. The second-order valence-corrected chi connectivity index (χ2v) is 5.92. The number of nitrogens with one attached hydrogen (secondary N) is 1. The van der Waals surface area contributed by atoms with E-state index in [1.54, 1.807) is 7.11 Å². The van der Waals surface area contributed by atoms with Crippen molar-refractivity contribution in [2.24, 2.45) is 11.8 Å². The molecule has 2 N–H and O–H groups in total. The van der Waals surface area contributed by atoms with Crippen LogP contribution >= 0.6 is 0 Å². The van der Waals surface area contributed by atoms with Gasteiger partial charge in [-0.1, -0.05) is 24.3 Å². The molecule has 0 aliphatic heterocycles. The Morgan fingerprint density at radius 1 is 1.25 bits per heavy atom. The van der Waals surface area contributed by atoms with Crippen molar-refractivity contribution in [3.05, 3.63) is 42.0 Å². The molecule has 1 aromatic rings. The fraction of sp³-hybridized carbons (Fsp3) is 0.529. The molecule has 1 aromatic carbocycles. The maximum atomic E-state index is 9.22. The summed E-state index contributed by atoms with van der Waals surface area (Å²) in [5.41, 5.74) is 1.34. The van der Waals surface area contributed by atoms with Crippen molar-refractivity contribution in [3.8, 4) is 5.75 Å². The van der Waals surface area contributed by atoms with Gasteiger partial charge >= 0.3 is 0 Å². The number of rotatable bonds is 6.